The van der Waals surface area contributed by atoms with Crippen LogP contribution in [0, 0.1) is 23.7 Å². The number of unbranched alkanes of at least 4 members (excludes halogenated alkanes) is 2. The number of hydrogen-bond acceptors (Lipinski definition) is 4. The van der Waals surface area contributed by atoms with E-state index in [-0.39, 0.29) is 0 Å². The molecule has 0 heterocycles. The number of ether oxygens (including phenoxy) is 2. The first-order valence-electron chi connectivity index (χ1n) is 10.0. The van der Waals surface area contributed by atoms with Gasteiger partial charge in [0.1, 0.15) is 22.7 Å². The Morgan fingerprint density at radius 3 is 1.39 bits per heavy atom. The predicted molar refractivity (Wildman–Crippen MR) is 114 cm³/mol. The minimum absolute atomic E-state index is 0.572. The van der Waals surface area contributed by atoms with Gasteiger partial charge in [-0.1, -0.05) is 50.4 Å². The summed E-state index contributed by atoms with van der Waals surface area (Å²) in [6.07, 6.45) is 3.90. The van der Waals surface area contributed by atoms with Crippen LogP contribution in [-0.4, -0.2) is 34.6 Å². The highest BCUT2D eigenvalue weighted by Gasteiger charge is 2.13. The van der Waals surface area contributed by atoms with Gasteiger partial charge in [0.15, 0.2) is 0 Å². The van der Waals surface area contributed by atoms with Crippen molar-refractivity contribution in [1.82, 2.24) is 0 Å². The number of hydrogen-bond donors (Lipinski definition) is 2. The van der Waals surface area contributed by atoms with Crippen LogP contribution < -0.4 is 9.47 Å². The lowest BCUT2D eigenvalue weighted by molar-refractivity contribution is 0.143. The molecular weight excluding hydrogens is 352 g/mol. The average molecular weight is 387 g/mol. The number of rotatable bonds is 8. The van der Waals surface area contributed by atoms with E-state index in [1.165, 1.54) is 0 Å². The summed E-state index contributed by atoms with van der Waals surface area (Å²) in [4.78, 5) is 0. The molecule has 4 nitrogen and oxygen atoms in total. The minimum atomic E-state index is -1.11. The maximum Gasteiger partial charge on any atom is 0.136 e. The highest BCUT2D eigenvalue weighted by atomic mass is 16.5. The molecule has 1 rings (SSSR count). The fourth-order valence-corrected chi connectivity index (χ4v) is 2.09. The van der Waals surface area contributed by atoms with Gasteiger partial charge in [-0.05, 0) is 40.5 Å². The summed E-state index contributed by atoms with van der Waals surface area (Å²) in [5.74, 6) is 12.9. The lowest BCUT2D eigenvalue weighted by Crippen LogP contribution is -2.15. The Kier molecular flexibility index (Phi) is 9.39. The second-order valence-electron chi connectivity index (χ2n) is 7.87. The van der Waals surface area contributed by atoms with Gasteiger partial charge in [0.2, 0.25) is 0 Å². The average Bonchev–Trinajstić information content (AvgIpc) is 2.58. The van der Waals surface area contributed by atoms with Crippen molar-refractivity contribution in [3.8, 4) is 35.2 Å². The van der Waals surface area contributed by atoms with E-state index in [1.807, 2.05) is 12.1 Å². The topological polar surface area (TPSA) is 58.9 Å². The van der Waals surface area contributed by atoms with Gasteiger partial charge >= 0.3 is 0 Å². The van der Waals surface area contributed by atoms with Crippen molar-refractivity contribution in [2.24, 2.45) is 0 Å². The van der Waals surface area contributed by atoms with Gasteiger partial charge in [0, 0.05) is 12.1 Å². The van der Waals surface area contributed by atoms with Crippen LogP contribution in [0.2, 0.25) is 0 Å². The minimum Gasteiger partial charge on any atom is -0.492 e. The lowest BCUT2D eigenvalue weighted by atomic mass is 10.1. The Hall–Kier alpha value is -2.14. The van der Waals surface area contributed by atoms with Crippen LogP contribution in [0.15, 0.2) is 12.1 Å². The molecular formula is C24H34O4. The van der Waals surface area contributed by atoms with Gasteiger partial charge in [-0.2, -0.15) is 0 Å². The third kappa shape index (κ3) is 9.70. The van der Waals surface area contributed by atoms with E-state index in [9.17, 15) is 10.2 Å². The molecule has 28 heavy (non-hydrogen) atoms. The van der Waals surface area contributed by atoms with Crippen molar-refractivity contribution in [3.05, 3.63) is 23.3 Å². The maximum atomic E-state index is 9.96. The zero-order valence-corrected chi connectivity index (χ0v) is 18.1. The first-order valence-corrected chi connectivity index (χ1v) is 10.0. The fourth-order valence-electron chi connectivity index (χ4n) is 2.09. The second-order valence-corrected chi connectivity index (χ2v) is 7.87. The van der Waals surface area contributed by atoms with E-state index in [0.29, 0.717) is 35.8 Å². The Morgan fingerprint density at radius 1 is 0.750 bits per heavy atom. The van der Waals surface area contributed by atoms with Crippen molar-refractivity contribution in [2.45, 2.75) is 78.4 Å². The van der Waals surface area contributed by atoms with Crippen molar-refractivity contribution in [3.63, 3.8) is 0 Å². The summed E-state index contributed by atoms with van der Waals surface area (Å²) < 4.78 is 11.9. The standard InChI is InChI=1S/C24H34O4/c1-7-9-15-27-21-17-20(12-14-24(5,6)26)22(28-16-10-8-2)18-19(21)11-13-23(3,4)25/h17-18,25-26H,7-10,15-16H2,1-6H3. The molecule has 0 bridgehead atoms. The molecule has 0 aliphatic heterocycles. The molecule has 0 amide bonds. The summed E-state index contributed by atoms with van der Waals surface area (Å²) in [7, 11) is 0. The molecule has 0 saturated carbocycles. The molecule has 154 valence electrons. The molecule has 1 aromatic rings. The van der Waals surface area contributed by atoms with Crippen LogP contribution in [0.25, 0.3) is 0 Å². The molecule has 0 aliphatic rings. The van der Waals surface area contributed by atoms with E-state index < -0.39 is 11.2 Å². The smallest absolute Gasteiger partial charge is 0.136 e. The molecule has 0 atom stereocenters. The molecule has 0 aromatic heterocycles. The van der Waals surface area contributed by atoms with Gasteiger partial charge in [-0.25, -0.2) is 0 Å². The molecule has 0 radical (unpaired) electrons. The van der Waals surface area contributed by atoms with Crippen LogP contribution in [0.3, 0.4) is 0 Å². The summed E-state index contributed by atoms with van der Waals surface area (Å²) in [6.45, 7) is 11.9. The van der Waals surface area contributed by atoms with Gasteiger partial charge in [-0.15, -0.1) is 0 Å². The molecule has 2 N–H and O–H groups in total. The Bertz CT molecular complexity index is 678. The van der Waals surface area contributed by atoms with E-state index in [0.717, 1.165) is 25.7 Å². The first-order chi connectivity index (χ1) is 13.1. The molecule has 0 spiro atoms. The van der Waals surface area contributed by atoms with Gasteiger partial charge in [-0.3, -0.25) is 0 Å². The molecule has 1 aromatic carbocycles. The van der Waals surface area contributed by atoms with E-state index in [2.05, 4.69) is 37.5 Å². The molecule has 4 heteroatoms. The zero-order chi connectivity index (χ0) is 21.2. The number of aliphatic hydroxyl groups is 2. The normalized spacial score (nSPS) is 11.1. The third-order valence-corrected chi connectivity index (χ3v) is 3.60. The summed E-state index contributed by atoms with van der Waals surface area (Å²) in [5.41, 5.74) is -0.913. The first kappa shape index (κ1) is 23.9. The summed E-state index contributed by atoms with van der Waals surface area (Å²) in [6, 6.07) is 3.62. The molecule has 0 saturated heterocycles. The van der Waals surface area contributed by atoms with Crippen LogP contribution in [0.1, 0.15) is 78.4 Å². The Labute approximate surface area is 170 Å². The van der Waals surface area contributed by atoms with E-state index in [1.54, 1.807) is 27.7 Å². The highest BCUT2D eigenvalue weighted by molar-refractivity contribution is 5.59. The summed E-state index contributed by atoms with van der Waals surface area (Å²) in [5, 5.41) is 19.9. The molecule has 0 unspecified atom stereocenters. The maximum absolute atomic E-state index is 9.96. The van der Waals surface area contributed by atoms with Crippen molar-refractivity contribution in [1.29, 1.82) is 0 Å². The molecule has 0 aliphatic carbocycles. The van der Waals surface area contributed by atoms with E-state index in [4.69, 9.17) is 9.47 Å². The second kappa shape index (κ2) is 11.0. The fraction of sp³-hybridized carbons (Fsp3) is 0.583. The van der Waals surface area contributed by atoms with Crippen molar-refractivity contribution >= 4 is 0 Å². The zero-order valence-electron chi connectivity index (χ0n) is 18.1. The van der Waals surface area contributed by atoms with Crippen molar-refractivity contribution in [2.75, 3.05) is 13.2 Å². The van der Waals surface area contributed by atoms with E-state index >= 15 is 0 Å². The Balaban J connectivity index is 3.42. The largest absolute Gasteiger partial charge is 0.492 e. The van der Waals surface area contributed by atoms with Crippen LogP contribution in [0.4, 0.5) is 0 Å². The summed E-state index contributed by atoms with van der Waals surface area (Å²) >= 11 is 0. The third-order valence-electron chi connectivity index (χ3n) is 3.60. The van der Waals surface area contributed by atoms with Crippen LogP contribution in [-0.2, 0) is 0 Å². The highest BCUT2D eigenvalue weighted by Crippen LogP contribution is 2.29. The van der Waals surface area contributed by atoms with Crippen LogP contribution >= 0.6 is 0 Å². The predicted octanol–water partition coefficient (Wildman–Crippen LogP) is 4.29. The Morgan fingerprint density at radius 2 is 1.11 bits per heavy atom. The van der Waals surface area contributed by atoms with Crippen LogP contribution in [0.5, 0.6) is 11.5 Å². The van der Waals surface area contributed by atoms with Gasteiger partial charge in [0.05, 0.1) is 24.3 Å². The van der Waals surface area contributed by atoms with Crippen molar-refractivity contribution < 1.29 is 19.7 Å². The van der Waals surface area contributed by atoms with Gasteiger partial charge < -0.3 is 19.7 Å². The quantitative estimate of drug-likeness (QED) is 0.517. The lowest BCUT2D eigenvalue weighted by Gasteiger charge is -2.14. The number of benzene rings is 1. The monoisotopic (exact) mass is 386 g/mol. The SMILES string of the molecule is CCCCOc1cc(C#CC(C)(C)O)c(OCCCC)cc1C#CC(C)(C)O. The molecule has 0 fully saturated rings. The van der Waals surface area contributed by atoms with Gasteiger partial charge in [0.25, 0.3) is 0 Å².